The van der Waals surface area contributed by atoms with Gasteiger partial charge in [0, 0.05) is 6.54 Å². The zero-order valence-corrected chi connectivity index (χ0v) is 28.6. The van der Waals surface area contributed by atoms with E-state index in [0.717, 1.165) is 62.5 Å². The van der Waals surface area contributed by atoms with E-state index < -0.39 is 29.1 Å². The van der Waals surface area contributed by atoms with Crippen molar-refractivity contribution in [2.24, 2.45) is 0 Å². The minimum atomic E-state index is -5.05. The number of hydrogen-bond donors (Lipinski definition) is 0. The van der Waals surface area contributed by atoms with Gasteiger partial charge in [0.05, 0.1) is 23.1 Å². The van der Waals surface area contributed by atoms with Gasteiger partial charge in [-0.3, -0.25) is 9.69 Å². The van der Waals surface area contributed by atoms with Gasteiger partial charge >= 0.3 is 12.1 Å². The van der Waals surface area contributed by atoms with Crippen LogP contribution >= 0.6 is 0 Å². The molecule has 0 atom stereocenters. The van der Waals surface area contributed by atoms with Crippen molar-refractivity contribution in [2.75, 3.05) is 19.7 Å². The van der Waals surface area contributed by atoms with Crippen molar-refractivity contribution < 1.29 is 36.6 Å². The summed E-state index contributed by atoms with van der Waals surface area (Å²) < 4.78 is 66.9. The summed E-state index contributed by atoms with van der Waals surface area (Å²) in [6.07, 6.45) is 3.15. The lowest BCUT2D eigenvalue weighted by Crippen LogP contribution is -2.25. The Labute approximate surface area is 285 Å². The molecular formula is C39H44F3NO6. The number of benzene rings is 3. The van der Waals surface area contributed by atoms with E-state index in [2.05, 4.69) is 11.8 Å². The smallest absolute Gasteiger partial charge is 0.453 e. The van der Waals surface area contributed by atoms with Gasteiger partial charge in [-0.15, -0.1) is 0 Å². The van der Waals surface area contributed by atoms with Crippen LogP contribution in [-0.4, -0.2) is 30.6 Å². The third kappa shape index (κ3) is 8.84. The van der Waals surface area contributed by atoms with E-state index >= 15 is 0 Å². The van der Waals surface area contributed by atoms with Crippen molar-refractivity contribution >= 4 is 16.9 Å². The topological polar surface area (TPSA) is 78.2 Å². The Morgan fingerprint density at radius 3 is 2.29 bits per heavy atom. The van der Waals surface area contributed by atoms with E-state index in [9.17, 15) is 22.8 Å². The lowest BCUT2D eigenvalue weighted by Gasteiger charge is -2.23. The molecule has 49 heavy (non-hydrogen) atoms. The fourth-order valence-electron chi connectivity index (χ4n) is 6.10. The summed E-state index contributed by atoms with van der Waals surface area (Å²) in [5.74, 6) is -2.41. The molecule has 0 spiro atoms. The van der Waals surface area contributed by atoms with Gasteiger partial charge in [0.25, 0.3) is 5.76 Å². The molecule has 1 saturated heterocycles. The molecular weight excluding hydrogens is 635 g/mol. The van der Waals surface area contributed by atoms with Crippen LogP contribution in [0.15, 0.2) is 57.7 Å². The number of hydrogen-bond acceptors (Lipinski definition) is 7. The number of esters is 1. The van der Waals surface area contributed by atoms with E-state index in [4.69, 9.17) is 18.6 Å². The van der Waals surface area contributed by atoms with Gasteiger partial charge in [-0.05, 0) is 112 Å². The molecule has 0 saturated carbocycles. The van der Waals surface area contributed by atoms with Gasteiger partial charge in [-0.25, -0.2) is 4.79 Å². The third-order valence-electron chi connectivity index (χ3n) is 8.95. The highest BCUT2D eigenvalue weighted by Crippen LogP contribution is 2.41. The fourth-order valence-corrected chi connectivity index (χ4v) is 6.10. The summed E-state index contributed by atoms with van der Waals surface area (Å²) in [5, 5.41) is -0.102. The first-order valence-electron chi connectivity index (χ1n) is 17.1. The molecule has 0 N–H and O–H groups in total. The highest BCUT2D eigenvalue weighted by molar-refractivity contribution is 5.92. The van der Waals surface area contributed by atoms with E-state index in [-0.39, 0.29) is 40.1 Å². The molecule has 1 aliphatic rings. The molecule has 7 nitrogen and oxygen atoms in total. The van der Waals surface area contributed by atoms with Crippen molar-refractivity contribution in [3.8, 4) is 23.0 Å². The summed E-state index contributed by atoms with van der Waals surface area (Å²) in [5.41, 5.74) is 1.36. The number of carbonyl (C=O) groups excluding carboxylic acids is 1. The van der Waals surface area contributed by atoms with Crippen LogP contribution in [0.3, 0.4) is 0 Å². The van der Waals surface area contributed by atoms with Crippen LogP contribution in [-0.2, 0) is 12.7 Å². The maximum atomic E-state index is 14.6. The second kappa shape index (κ2) is 15.9. The van der Waals surface area contributed by atoms with Crippen LogP contribution in [0.5, 0.6) is 23.0 Å². The monoisotopic (exact) mass is 679 g/mol. The van der Waals surface area contributed by atoms with Gasteiger partial charge in [0.15, 0.2) is 0 Å². The molecule has 0 aliphatic carbocycles. The van der Waals surface area contributed by atoms with Crippen molar-refractivity contribution in [3.63, 3.8) is 0 Å². The van der Waals surface area contributed by atoms with Crippen LogP contribution in [0.1, 0.15) is 96.7 Å². The molecule has 1 aliphatic heterocycles. The Balaban J connectivity index is 1.54. The fraction of sp³-hybridized carbons (Fsp3) is 0.436. The standard InChI is InChI=1S/C39H44F3NO6/c1-5-6-7-12-21-46-29-15-13-28(14-16-29)38(45)48-32-18-17-30-34(44)36(47-33-23-25(2)22-26(3)27(33)4)37(39(40,41)42)49-35(30)31(32)24-43-19-10-8-9-11-20-43/h13-18,22-23H,5-12,19-21,24H2,1-4H3. The molecule has 0 unspecified atom stereocenters. The minimum absolute atomic E-state index is 0.0214. The lowest BCUT2D eigenvalue weighted by atomic mass is 10.1. The minimum Gasteiger partial charge on any atom is -0.494 e. The molecule has 0 bridgehead atoms. The van der Waals surface area contributed by atoms with Gasteiger partial charge in [-0.2, -0.15) is 13.2 Å². The second-order valence-electron chi connectivity index (χ2n) is 12.8. The Morgan fingerprint density at radius 1 is 0.898 bits per heavy atom. The number of likely N-dealkylation sites (tertiary alicyclic amines) is 1. The first-order valence-corrected chi connectivity index (χ1v) is 17.1. The average Bonchev–Trinajstić information content (AvgIpc) is 3.34. The number of carbonyl (C=O) groups is 1. The van der Waals surface area contributed by atoms with Crippen LogP contribution in [0.2, 0.25) is 0 Å². The number of ether oxygens (including phenoxy) is 3. The van der Waals surface area contributed by atoms with Crippen molar-refractivity contribution in [3.05, 3.63) is 92.3 Å². The molecule has 5 rings (SSSR count). The lowest BCUT2D eigenvalue weighted by molar-refractivity contribution is -0.154. The van der Waals surface area contributed by atoms with Crippen LogP contribution in [0, 0.1) is 20.8 Å². The van der Waals surface area contributed by atoms with E-state index in [1.54, 1.807) is 44.2 Å². The molecule has 1 aromatic heterocycles. The summed E-state index contributed by atoms with van der Waals surface area (Å²) in [4.78, 5) is 29.3. The average molecular weight is 680 g/mol. The SMILES string of the molecule is CCCCCCOc1ccc(C(=O)Oc2ccc3c(=O)c(Oc4cc(C)cc(C)c4C)c(C(F)(F)F)oc3c2CN2CCCCCC2)cc1. The highest BCUT2D eigenvalue weighted by atomic mass is 19.4. The number of aryl methyl sites for hydroxylation is 2. The molecule has 2 heterocycles. The molecule has 1 fully saturated rings. The summed E-state index contributed by atoms with van der Waals surface area (Å²) in [6.45, 7) is 9.57. The zero-order valence-electron chi connectivity index (χ0n) is 28.6. The second-order valence-corrected chi connectivity index (χ2v) is 12.8. The van der Waals surface area contributed by atoms with Crippen LogP contribution in [0.25, 0.3) is 11.0 Å². The van der Waals surface area contributed by atoms with Gasteiger partial charge in [-0.1, -0.05) is 45.1 Å². The summed E-state index contributed by atoms with van der Waals surface area (Å²) >= 11 is 0. The number of halogens is 3. The number of fused-ring (bicyclic) bond motifs is 1. The Kier molecular flexibility index (Phi) is 11.7. The molecule has 262 valence electrons. The van der Waals surface area contributed by atoms with Gasteiger partial charge in [0.1, 0.15) is 22.8 Å². The molecule has 10 heteroatoms. The Morgan fingerprint density at radius 2 is 1.61 bits per heavy atom. The van der Waals surface area contributed by atoms with Crippen molar-refractivity contribution in [2.45, 2.75) is 91.8 Å². The summed E-state index contributed by atoms with van der Waals surface area (Å²) in [7, 11) is 0. The van der Waals surface area contributed by atoms with E-state index in [1.165, 1.54) is 12.1 Å². The Hall–Kier alpha value is -4.31. The highest BCUT2D eigenvalue weighted by Gasteiger charge is 2.41. The normalized spacial score (nSPS) is 14.1. The van der Waals surface area contributed by atoms with Crippen LogP contribution in [0.4, 0.5) is 13.2 Å². The molecule has 0 amide bonds. The van der Waals surface area contributed by atoms with E-state index in [1.807, 2.05) is 13.0 Å². The Bertz CT molecular complexity index is 1820. The predicted molar refractivity (Wildman–Crippen MR) is 183 cm³/mol. The zero-order chi connectivity index (χ0) is 35.1. The molecule has 0 radical (unpaired) electrons. The van der Waals surface area contributed by atoms with Crippen molar-refractivity contribution in [1.29, 1.82) is 0 Å². The molecule has 3 aromatic carbocycles. The van der Waals surface area contributed by atoms with Crippen LogP contribution < -0.4 is 19.6 Å². The third-order valence-corrected chi connectivity index (χ3v) is 8.95. The quantitative estimate of drug-likeness (QED) is 0.0838. The largest absolute Gasteiger partial charge is 0.494 e. The maximum absolute atomic E-state index is 14.6. The number of unbranched alkanes of at least 4 members (excludes halogenated alkanes) is 3. The van der Waals surface area contributed by atoms with Gasteiger partial charge in [0.2, 0.25) is 11.2 Å². The van der Waals surface area contributed by atoms with Crippen molar-refractivity contribution in [1.82, 2.24) is 4.90 Å². The molecule has 4 aromatic rings. The van der Waals surface area contributed by atoms with E-state index in [0.29, 0.717) is 31.0 Å². The first kappa shape index (κ1) is 36.0. The predicted octanol–water partition coefficient (Wildman–Crippen LogP) is 10.1. The summed E-state index contributed by atoms with van der Waals surface area (Å²) in [6, 6.07) is 12.8. The first-order chi connectivity index (χ1) is 23.5. The van der Waals surface area contributed by atoms with Gasteiger partial charge < -0.3 is 18.6 Å². The number of rotatable bonds is 12. The number of nitrogens with zero attached hydrogens (tertiary/aromatic N) is 1. The maximum Gasteiger partial charge on any atom is 0.453 e. The number of alkyl halides is 3.